The molecule has 0 bridgehead atoms. The number of carbonyl (C=O) groups excluding carboxylic acids is 1. The maximum absolute atomic E-state index is 11.8. The Morgan fingerprint density at radius 3 is 2.64 bits per heavy atom. The molecule has 1 heterocycles. The predicted octanol–water partition coefficient (Wildman–Crippen LogP) is 4.24. The second-order valence-corrected chi connectivity index (χ2v) is 5.12. The van der Waals surface area contributed by atoms with Gasteiger partial charge in [0.1, 0.15) is 5.71 Å². The molecule has 1 aliphatic heterocycles. The average molecular weight is 310 g/mol. The van der Waals surface area contributed by atoms with Gasteiger partial charge in [0.05, 0.1) is 5.57 Å². The lowest BCUT2D eigenvalue weighted by Gasteiger charge is -1.99. The molecule has 3 rings (SSSR count). The number of rotatable bonds is 3. The highest BCUT2D eigenvalue weighted by molar-refractivity contribution is 6.33. The fourth-order valence-corrected chi connectivity index (χ4v) is 2.28. The molecule has 0 spiro atoms. The molecule has 0 atom stereocenters. The van der Waals surface area contributed by atoms with Gasteiger partial charge in [-0.05, 0) is 23.8 Å². The van der Waals surface area contributed by atoms with Gasteiger partial charge in [-0.2, -0.15) is 0 Å². The van der Waals surface area contributed by atoms with E-state index in [-0.39, 0.29) is 0 Å². The minimum atomic E-state index is -0.465. The molecule has 0 saturated heterocycles. The fraction of sp³-hybridized carbons (Fsp3) is 0. The molecular formula is C18H12ClNO2. The first kappa shape index (κ1) is 14.3. The smallest absolute Gasteiger partial charge is 0.312 e. The summed E-state index contributed by atoms with van der Waals surface area (Å²) in [5.74, 6) is -0.465. The van der Waals surface area contributed by atoms with Crippen LogP contribution in [0, 0.1) is 0 Å². The monoisotopic (exact) mass is 309 g/mol. The summed E-state index contributed by atoms with van der Waals surface area (Å²) in [6.45, 7) is 0. The van der Waals surface area contributed by atoms with Crippen LogP contribution in [0.1, 0.15) is 11.1 Å². The van der Waals surface area contributed by atoms with Crippen LogP contribution < -0.4 is 0 Å². The molecular weight excluding hydrogens is 298 g/mol. The Balaban J connectivity index is 1.88. The highest BCUT2D eigenvalue weighted by Gasteiger charge is 2.26. The van der Waals surface area contributed by atoms with Gasteiger partial charge >= 0.3 is 5.97 Å². The quantitative estimate of drug-likeness (QED) is 0.628. The molecule has 3 nitrogen and oxygen atoms in total. The summed E-state index contributed by atoms with van der Waals surface area (Å²) in [6, 6.07) is 17.0. The summed E-state index contributed by atoms with van der Waals surface area (Å²) in [5, 5.41) is 4.42. The maximum Gasteiger partial charge on any atom is 0.368 e. The largest absolute Gasteiger partial charge is 0.368 e. The number of benzene rings is 2. The van der Waals surface area contributed by atoms with Crippen LogP contribution in [0.2, 0.25) is 5.02 Å². The normalized spacial score (nSPS) is 16.1. The molecule has 0 aliphatic carbocycles. The molecule has 2 aromatic rings. The first-order valence-electron chi connectivity index (χ1n) is 6.73. The van der Waals surface area contributed by atoms with E-state index >= 15 is 0 Å². The Labute approximate surface area is 133 Å². The van der Waals surface area contributed by atoms with Gasteiger partial charge in [-0.25, -0.2) is 4.79 Å². The molecule has 108 valence electrons. The van der Waals surface area contributed by atoms with Gasteiger partial charge in [0, 0.05) is 10.6 Å². The summed E-state index contributed by atoms with van der Waals surface area (Å²) >= 11 is 5.98. The zero-order valence-electron chi connectivity index (χ0n) is 11.6. The van der Waals surface area contributed by atoms with Gasteiger partial charge < -0.3 is 4.84 Å². The molecule has 0 fully saturated rings. The Hall–Kier alpha value is -2.65. The van der Waals surface area contributed by atoms with E-state index in [2.05, 4.69) is 5.16 Å². The van der Waals surface area contributed by atoms with E-state index in [1.807, 2.05) is 42.5 Å². The van der Waals surface area contributed by atoms with Gasteiger partial charge in [0.2, 0.25) is 0 Å². The van der Waals surface area contributed by atoms with Gasteiger partial charge in [-0.15, -0.1) is 0 Å². The number of hydrogen-bond acceptors (Lipinski definition) is 3. The van der Waals surface area contributed by atoms with Crippen molar-refractivity contribution in [1.82, 2.24) is 0 Å². The number of carbonyl (C=O) groups is 1. The van der Waals surface area contributed by atoms with Crippen LogP contribution in [-0.4, -0.2) is 11.7 Å². The lowest BCUT2D eigenvalue weighted by atomic mass is 10.0. The van der Waals surface area contributed by atoms with Crippen molar-refractivity contribution in [3.05, 3.63) is 88.5 Å². The average Bonchev–Trinajstić information content (AvgIpc) is 2.90. The van der Waals surface area contributed by atoms with E-state index in [1.165, 1.54) is 0 Å². The van der Waals surface area contributed by atoms with Gasteiger partial charge in [0.15, 0.2) is 0 Å². The lowest BCUT2D eigenvalue weighted by molar-refractivity contribution is -0.136. The molecule has 2 aromatic carbocycles. The second kappa shape index (κ2) is 6.41. The van der Waals surface area contributed by atoms with Crippen LogP contribution in [0.25, 0.3) is 6.08 Å². The van der Waals surface area contributed by atoms with Crippen molar-refractivity contribution in [2.75, 3.05) is 0 Å². The van der Waals surface area contributed by atoms with Gasteiger partial charge in [-0.1, -0.05) is 71.4 Å². The van der Waals surface area contributed by atoms with Gasteiger partial charge in [0.25, 0.3) is 0 Å². The third-order valence-electron chi connectivity index (χ3n) is 3.14. The predicted molar refractivity (Wildman–Crippen MR) is 87.6 cm³/mol. The van der Waals surface area contributed by atoms with Crippen LogP contribution in [0.4, 0.5) is 0 Å². The summed E-state index contributed by atoms with van der Waals surface area (Å²) in [6.07, 6.45) is 5.41. The highest BCUT2D eigenvalue weighted by Crippen LogP contribution is 2.20. The van der Waals surface area contributed by atoms with Gasteiger partial charge in [-0.3, -0.25) is 0 Å². The van der Waals surface area contributed by atoms with E-state index in [1.54, 1.807) is 30.4 Å². The molecule has 0 unspecified atom stereocenters. The van der Waals surface area contributed by atoms with E-state index < -0.39 is 5.97 Å². The summed E-state index contributed by atoms with van der Waals surface area (Å²) in [5.41, 5.74) is 2.70. The van der Waals surface area contributed by atoms with Crippen LogP contribution in [0.5, 0.6) is 0 Å². The second-order valence-electron chi connectivity index (χ2n) is 4.68. The number of halogens is 1. The van der Waals surface area contributed by atoms with Crippen molar-refractivity contribution in [2.24, 2.45) is 5.16 Å². The van der Waals surface area contributed by atoms with Crippen molar-refractivity contribution in [3.8, 4) is 0 Å². The van der Waals surface area contributed by atoms with Crippen molar-refractivity contribution in [1.29, 1.82) is 0 Å². The van der Waals surface area contributed by atoms with Crippen molar-refractivity contribution < 1.29 is 9.63 Å². The van der Waals surface area contributed by atoms with Crippen LogP contribution in [-0.2, 0) is 9.63 Å². The van der Waals surface area contributed by atoms with Crippen molar-refractivity contribution in [2.45, 2.75) is 0 Å². The molecule has 0 N–H and O–H groups in total. The zero-order chi connectivity index (χ0) is 15.4. The molecule has 1 aliphatic rings. The maximum atomic E-state index is 11.8. The Kier molecular flexibility index (Phi) is 4.17. The van der Waals surface area contributed by atoms with Crippen molar-refractivity contribution >= 4 is 29.4 Å². The third-order valence-corrected chi connectivity index (χ3v) is 3.38. The first-order chi connectivity index (χ1) is 10.7. The lowest BCUT2D eigenvalue weighted by Crippen LogP contribution is -2.06. The highest BCUT2D eigenvalue weighted by atomic mass is 35.5. The van der Waals surface area contributed by atoms with Crippen LogP contribution >= 0.6 is 11.6 Å². The van der Waals surface area contributed by atoms with Crippen LogP contribution in [0.3, 0.4) is 0 Å². The number of nitrogens with zero attached hydrogens (tertiary/aromatic N) is 1. The zero-order valence-corrected chi connectivity index (χ0v) is 12.3. The van der Waals surface area contributed by atoms with E-state index in [9.17, 15) is 4.79 Å². The van der Waals surface area contributed by atoms with Crippen molar-refractivity contribution in [3.63, 3.8) is 0 Å². The SMILES string of the molecule is O=C1ON=C(c2cccc(Cl)c2)/C1=C/C=C/c1ccccc1. The standard InChI is InChI=1S/C18H12ClNO2/c19-15-10-5-9-14(12-15)17-16(18(21)22-20-17)11-4-8-13-6-2-1-3-7-13/h1-12H/b8-4+,16-11-. The van der Waals surface area contributed by atoms with E-state index in [0.717, 1.165) is 11.1 Å². The van der Waals surface area contributed by atoms with E-state index in [0.29, 0.717) is 16.3 Å². The molecule has 0 aromatic heterocycles. The number of hydrogen-bond donors (Lipinski definition) is 0. The fourth-order valence-electron chi connectivity index (χ4n) is 2.09. The Morgan fingerprint density at radius 1 is 1.05 bits per heavy atom. The molecule has 0 amide bonds. The third kappa shape index (κ3) is 3.15. The Morgan fingerprint density at radius 2 is 1.86 bits per heavy atom. The van der Waals surface area contributed by atoms with Crippen LogP contribution in [0.15, 0.2) is 77.5 Å². The van der Waals surface area contributed by atoms with E-state index in [4.69, 9.17) is 16.4 Å². The minimum Gasteiger partial charge on any atom is -0.312 e. The summed E-state index contributed by atoms with van der Waals surface area (Å²) in [7, 11) is 0. The number of allylic oxidation sites excluding steroid dienone is 2. The molecule has 22 heavy (non-hydrogen) atoms. The summed E-state index contributed by atoms with van der Waals surface area (Å²) in [4.78, 5) is 16.6. The summed E-state index contributed by atoms with van der Waals surface area (Å²) < 4.78 is 0. The molecule has 0 saturated carbocycles. The topological polar surface area (TPSA) is 38.7 Å². The minimum absolute atomic E-state index is 0.412. The Bertz CT molecular complexity index is 792. The molecule has 4 heteroatoms. The first-order valence-corrected chi connectivity index (χ1v) is 7.11. The number of oxime groups is 1. The molecule has 0 radical (unpaired) electrons.